The summed E-state index contributed by atoms with van der Waals surface area (Å²) in [6.45, 7) is 0. The van der Waals surface area contributed by atoms with Crippen molar-refractivity contribution < 1.29 is 4.79 Å². The molecule has 4 heteroatoms. The fraction of sp³-hybridized carbons (Fsp3) is 0.154. The lowest BCUT2D eigenvalue weighted by molar-refractivity contribution is -0.117. The first-order valence-corrected chi connectivity index (χ1v) is 6.41. The van der Waals surface area contributed by atoms with Crippen molar-refractivity contribution >= 4 is 44.2 Å². The van der Waals surface area contributed by atoms with Crippen LogP contribution in [0.4, 0.5) is 0 Å². The Morgan fingerprint density at radius 2 is 1.88 bits per heavy atom. The van der Waals surface area contributed by atoms with Crippen LogP contribution in [0.5, 0.6) is 0 Å². The molecule has 2 aromatic carbocycles. The lowest BCUT2D eigenvalue weighted by atomic mass is 10.0. The average Bonchev–Trinajstić information content (AvgIpc) is 2.29. The number of alkyl halides is 1. The highest BCUT2D eigenvalue weighted by molar-refractivity contribution is 9.10. The number of fused-ring (bicyclic) bond motifs is 1. The average molecular weight is 313 g/mol. The van der Waals surface area contributed by atoms with Crippen LogP contribution in [0, 0.1) is 0 Å². The second-order valence-electron chi connectivity index (χ2n) is 3.90. The number of amides is 1. The van der Waals surface area contributed by atoms with Gasteiger partial charge in [-0.25, -0.2) is 0 Å². The Balaban J connectivity index is 2.32. The highest BCUT2D eigenvalue weighted by Gasteiger charge is 2.12. The molecule has 17 heavy (non-hydrogen) atoms. The van der Waals surface area contributed by atoms with E-state index in [4.69, 9.17) is 17.3 Å². The van der Waals surface area contributed by atoms with Crippen LogP contribution in [-0.4, -0.2) is 11.3 Å². The Bertz CT molecular complexity index is 570. The predicted molar refractivity (Wildman–Crippen MR) is 74.2 cm³/mol. The van der Waals surface area contributed by atoms with E-state index in [-0.39, 0.29) is 0 Å². The Hall–Kier alpha value is -1.06. The molecular weight excluding hydrogens is 302 g/mol. The highest BCUT2D eigenvalue weighted by atomic mass is 79.9. The lowest BCUT2D eigenvalue weighted by Crippen LogP contribution is -2.25. The largest absolute Gasteiger partial charge is 0.368 e. The first kappa shape index (κ1) is 12.4. The van der Waals surface area contributed by atoms with Crippen LogP contribution in [0.3, 0.4) is 0 Å². The molecule has 0 spiro atoms. The number of carbonyl (C=O) groups is 1. The highest BCUT2D eigenvalue weighted by Crippen LogP contribution is 2.22. The van der Waals surface area contributed by atoms with Crippen LogP contribution < -0.4 is 5.73 Å². The van der Waals surface area contributed by atoms with Gasteiger partial charge in [0.1, 0.15) is 5.38 Å². The Morgan fingerprint density at radius 3 is 2.59 bits per heavy atom. The second kappa shape index (κ2) is 5.07. The summed E-state index contributed by atoms with van der Waals surface area (Å²) in [5.41, 5.74) is 6.15. The molecule has 1 amide bonds. The van der Waals surface area contributed by atoms with E-state index in [2.05, 4.69) is 15.9 Å². The molecule has 2 N–H and O–H groups in total. The number of nitrogens with two attached hydrogens (primary N) is 1. The fourth-order valence-corrected chi connectivity index (χ4v) is 2.26. The maximum Gasteiger partial charge on any atom is 0.235 e. The molecule has 1 atom stereocenters. The van der Waals surface area contributed by atoms with Crippen LogP contribution in [0.15, 0.2) is 40.9 Å². The Morgan fingerprint density at radius 1 is 1.24 bits per heavy atom. The molecular formula is C13H11BrClNO. The summed E-state index contributed by atoms with van der Waals surface area (Å²) in [6, 6.07) is 12.1. The van der Waals surface area contributed by atoms with Crippen LogP contribution in [0.2, 0.25) is 0 Å². The summed E-state index contributed by atoms with van der Waals surface area (Å²) in [7, 11) is 0. The zero-order valence-electron chi connectivity index (χ0n) is 8.99. The van der Waals surface area contributed by atoms with Crippen LogP contribution in [0.25, 0.3) is 10.8 Å². The van der Waals surface area contributed by atoms with Gasteiger partial charge in [-0.3, -0.25) is 4.79 Å². The number of primary amides is 1. The third-order valence-corrected chi connectivity index (χ3v) is 3.45. The first-order chi connectivity index (χ1) is 8.06. The van der Waals surface area contributed by atoms with E-state index in [0.717, 1.165) is 20.8 Å². The normalized spacial score (nSPS) is 12.6. The molecule has 0 bridgehead atoms. The van der Waals surface area contributed by atoms with Gasteiger partial charge in [0.15, 0.2) is 0 Å². The topological polar surface area (TPSA) is 43.1 Å². The minimum atomic E-state index is -0.650. The summed E-state index contributed by atoms with van der Waals surface area (Å²) in [6.07, 6.45) is 0.461. The van der Waals surface area contributed by atoms with Crippen molar-refractivity contribution in [2.75, 3.05) is 0 Å². The van der Waals surface area contributed by atoms with Gasteiger partial charge in [0, 0.05) is 4.47 Å². The Labute approximate surface area is 113 Å². The van der Waals surface area contributed by atoms with Gasteiger partial charge in [-0.2, -0.15) is 0 Å². The van der Waals surface area contributed by atoms with Crippen LogP contribution in [0.1, 0.15) is 5.56 Å². The number of rotatable bonds is 3. The molecule has 0 heterocycles. The van der Waals surface area contributed by atoms with Gasteiger partial charge in [-0.15, -0.1) is 11.6 Å². The van der Waals surface area contributed by atoms with Crippen molar-refractivity contribution in [1.29, 1.82) is 0 Å². The van der Waals surface area contributed by atoms with Gasteiger partial charge in [0.2, 0.25) is 5.91 Å². The third kappa shape index (κ3) is 2.99. The zero-order chi connectivity index (χ0) is 12.4. The van der Waals surface area contributed by atoms with Crippen molar-refractivity contribution in [1.82, 2.24) is 0 Å². The minimum absolute atomic E-state index is 0.461. The lowest BCUT2D eigenvalue weighted by Gasteiger charge is -2.07. The first-order valence-electron chi connectivity index (χ1n) is 5.18. The van der Waals surface area contributed by atoms with E-state index in [0.29, 0.717) is 6.42 Å². The molecule has 0 fully saturated rings. The molecule has 0 aliphatic carbocycles. The molecule has 88 valence electrons. The second-order valence-corrected chi connectivity index (χ2v) is 5.34. The molecule has 0 saturated heterocycles. The number of hydrogen-bond acceptors (Lipinski definition) is 1. The van der Waals surface area contributed by atoms with Gasteiger partial charge in [0.25, 0.3) is 0 Å². The monoisotopic (exact) mass is 311 g/mol. The summed E-state index contributed by atoms with van der Waals surface area (Å²) in [5, 5.41) is 1.62. The van der Waals surface area contributed by atoms with Gasteiger partial charge in [-0.05, 0) is 34.9 Å². The minimum Gasteiger partial charge on any atom is -0.368 e. The van der Waals surface area contributed by atoms with Crippen molar-refractivity contribution in [2.24, 2.45) is 5.73 Å². The van der Waals surface area contributed by atoms with E-state index in [1.807, 2.05) is 36.4 Å². The van der Waals surface area contributed by atoms with E-state index in [9.17, 15) is 4.79 Å². The van der Waals surface area contributed by atoms with E-state index < -0.39 is 11.3 Å². The quantitative estimate of drug-likeness (QED) is 0.869. The zero-order valence-corrected chi connectivity index (χ0v) is 11.3. The summed E-state index contributed by atoms with van der Waals surface area (Å²) in [4.78, 5) is 10.9. The smallest absolute Gasteiger partial charge is 0.235 e. The summed E-state index contributed by atoms with van der Waals surface area (Å²) in [5.74, 6) is -0.484. The van der Waals surface area contributed by atoms with Gasteiger partial charge in [-0.1, -0.05) is 40.2 Å². The molecule has 0 aromatic heterocycles. The number of halogens is 2. The van der Waals surface area contributed by atoms with Crippen molar-refractivity contribution in [2.45, 2.75) is 11.8 Å². The molecule has 0 aliphatic rings. The summed E-state index contributed by atoms with van der Waals surface area (Å²) < 4.78 is 1.05. The molecule has 0 radical (unpaired) electrons. The standard InChI is InChI=1S/C13H11BrClNO/c14-11-4-3-9-5-8(1-2-10(9)7-11)6-12(15)13(16)17/h1-5,7,12H,6H2,(H2,16,17). The van der Waals surface area contributed by atoms with E-state index in [1.165, 1.54) is 0 Å². The summed E-state index contributed by atoms with van der Waals surface area (Å²) >= 11 is 9.27. The SMILES string of the molecule is NC(=O)C(Cl)Cc1ccc2cc(Br)ccc2c1. The van der Waals surface area contributed by atoms with Gasteiger partial charge < -0.3 is 5.73 Å². The molecule has 2 aromatic rings. The van der Waals surface area contributed by atoms with Crippen molar-refractivity contribution in [3.8, 4) is 0 Å². The van der Waals surface area contributed by atoms with Gasteiger partial charge >= 0.3 is 0 Å². The molecule has 2 rings (SSSR count). The molecule has 0 saturated carbocycles. The van der Waals surface area contributed by atoms with Crippen LogP contribution >= 0.6 is 27.5 Å². The predicted octanol–water partition coefficient (Wildman–Crippen LogP) is 3.24. The molecule has 2 nitrogen and oxygen atoms in total. The molecule has 0 aliphatic heterocycles. The van der Waals surface area contributed by atoms with E-state index >= 15 is 0 Å². The van der Waals surface area contributed by atoms with Crippen molar-refractivity contribution in [3.05, 3.63) is 46.4 Å². The van der Waals surface area contributed by atoms with E-state index in [1.54, 1.807) is 0 Å². The Kier molecular flexibility index (Phi) is 3.69. The molecule has 1 unspecified atom stereocenters. The number of carbonyl (C=O) groups excluding carboxylic acids is 1. The van der Waals surface area contributed by atoms with Gasteiger partial charge in [0.05, 0.1) is 0 Å². The van der Waals surface area contributed by atoms with Crippen molar-refractivity contribution in [3.63, 3.8) is 0 Å². The maximum atomic E-state index is 10.9. The number of hydrogen-bond donors (Lipinski definition) is 1. The van der Waals surface area contributed by atoms with Crippen LogP contribution in [-0.2, 0) is 11.2 Å². The number of benzene rings is 2. The third-order valence-electron chi connectivity index (χ3n) is 2.59. The fourth-order valence-electron chi connectivity index (χ4n) is 1.70. The maximum absolute atomic E-state index is 10.9.